The second-order valence-corrected chi connectivity index (χ2v) is 5.60. The van der Waals surface area contributed by atoms with Crippen LogP contribution in [-0.4, -0.2) is 24.1 Å². The highest BCUT2D eigenvalue weighted by atomic mass is 35.5. The molecule has 0 aliphatic rings. The first kappa shape index (κ1) is 16.1. The molecule has 0 aliphatic heterocycles. The molecule has 0 aromatic heterocycles. The normalized spacial score (nSPS) is 10.3. The van der Waals surface area contributed by atoms with Gasteiger partial charge >= 0.3 is 5.97 Å². The molecule has 0 saturated carbocycles. The summed E-state index contributed by atoms with van der Waals surface area (Å²) < 4.78 is 4.74. The largest absolute Gasteiger partial charge is 0.466 e. The third-order valence-electron chi connectivity index (χ3n) is 2.49. The molecular formula is C14H17ClO3S. The monoisotopic (exact) mass is 300 g/mol. The van der Waals surface area contributed by atoms with Gasteiger partial charge < -0.3 is 4.74 Å². The van der Waals surface area contributed by atoms with Crippen LogP contribution in [0, 0.1) is 13.8 Å². The zero-order chi connectivity index (χ0) is 14.4. The highest BCUT2D eigenvalue weighted by Crippen LogP contribution is 2.28. The Labute approximate surface area is 122 Å². The van der Waals surface area contributed by atoms with Crippen LogP contribution in [0.4, 0.5) is 0 Å². The van der Waals surface area contributed by atoms with Crippen molar-refractivity contribution in [3.05, 3.63) is 28.3 Å². The maximum atomic E-state index is 11.6. The topological polar surface area (TPSA) is 43.4 Å². The van der Waals surface area contributed by atoms with Gasteiger partial charge in [0.05, 0.1) is 12.4 Å². The van der Waals surface area contributed by atoms with Crippen LogP contribution in [-0.2, 0) is 14.3 Å². The molecule has 104 valence electrons. The van der Waals surface area contributed by atoms with E-state index in [0.717, 1.165) is 21.0 Å². The molecule has 0 fully saturated rings. The van der Waals surface area contributed by atoms with Crippen molar-refractivity contribution in [1.29, 1.82) is 0 Å². The van der Waals surface area contributed by atoms with E-state index >= 15 is 0 Å². The number of hydrogen-bond donors (Lipinski definition) is 0. The third-order valence-corrected chi connectivity index (χ3v) is 4.12. The fourth-order valence-electron chi connectivity index (χ4n) is 1.49. The zero-order valence-corrected chi connectivity index (χ0v) is 12.9. The minimum Gasteiger partial charge on any atom is -0.466 e. The van der Waals surface area contributed by atoms with Crippen LogP contribution in [0.3, 0.4) is 0 Å². The molecule has 0 radical (unpaired) electrons. The summed E-state index contributed by atoms with van der Waals surface area (Å²) in [5, 5.41) is 0.722. The van der Waals surface area contributed by atoms with E-state index in [2.05, 4.69) is 0 Å². The number of benzene rings is 1. The second-order valence-electron chi connectivity index (χ2n) is 4.18. The average molecular weight is 301 g/mol. The van der Waals surface area contributed by atoms with Crippen LogP contribution in [0.1, 0.15) is 24.5 Å². The highest BCUT2D eigenvalue weighted by molar-refractivity contribution is 8.00. The van der Waals surface area contributed by atoms with Crippen LogP contribution in [0.5, 0.6) is 0 Å². The van der Waals surface area contributed by atoms with Crippen molar-refractivity contribution in [2.45, 2.75) is 32.1 Å². The summed E-state index contributed by atoms with van der Waals surface area (Å²) in [7, 11) is 0. The van der Waals surface area contributed by atoms with Gasteiger partial charge in [0, 0.05) is 9.92 Å². The lowest BCUT2D eigenvalue weighted by Gasteiger charge is -2.08. The summed E-state index contributed by atoms with van der Waals surface area (Å²) in [6.45, 7) is 5.89. The van der Waals surface area contributed by atoms with Crippen molar-refractivity contribution >= 4 is 35.1 Å². The van der Waals surface area contributed by atoms with E-state index in [1.807, 2.05) is 26.0 Å². The van der Waals surface area contributed by atoms with Crippen molar-refractivity contribution < 1.29 is 14.3 Å². The number of rotatable bonds is 6. The molecule has 1 rings (SSSR count). The summed E-state index contributed by atoms with van der Waals surface area (Å²) in [4.78, 5) is 23.8. The number of Topliss-reactive ketones (excluding diaryl/α,β-unsaturated/α-hetero) is 1. The molecule has 0 amide bonds. The van der Waals surface area contributed by atoms with Crippen LogP contribution in [0.25, 0.3) is 0 Å². The van der Waals surface area contributed by atoms with E-state index in [9.17, 15) is 9.59 Å². The third kappa shape index (κ3) is 5.25. The Morgan fingerprint density at radius 2 is 1.95 bits per heavy atom. The van der Waals surface area contributed by atoms with Crippen molar-refractivity contribution in [2.75, 3.05) is 12.4 Å². The standard InChI is InChI=1S/C14H17ClO3S/c1-4-18-14(17)7-11(16)8-19-13-6-9(2)12(15)5-10(13)3/h5-6H,4,7-8H2,1-3H3. The maximum Gasteiger partial charge on any atom is 0.313 e. The molecule has 0 aliphatic carbocycles. The van der Waals surface area contributed by atoms with E-state index in [4.69, 9.17) is 16.3 Å². The van der Waals surface area contributed by atoms with Crippen LogP contribution < -0.4 is 0 Å². The van der Waals surface area contributed by atoms with Crippen molar-refractivity contribution in [1.82, 2.24) is 0 Å². The summed E-state index contributed by atoms with van der Waals surface area (Å²) in [5.74, 6) is -0.326. The van der Waals surface area contributed by atoms with E-state index in [0.29, 0.717) is 6.61 Å². The van der Waals surface area contributed by atoms with E-state index < -0.39 is 5.97 Å². The summed E-state index contributed by atoms with van der Waals surface area (Å²) in [6.07, 6.45) is -0.160. The first-order valence-corrected chi connectivity index (χ1v) is 7.37. The predicted octanol–water partition coefficient (Wildman–Crippen LogP) is 3.57. The number of esters is 1. The summed E-state index contributed by atoms with van der Waals surface area (Å²) >= 11 is 7.44. The molecule has 0 saturated heterocycles. The number of thioether (sulfide) groups is 1. The maximum absolute atomic E-state index is 11.6. The Morgan fingerprint density at radius 1 is 1.26 bits per heavy atom. The number of aryl methyl sites for hydroxylation is 2. The van der Waals surface area contributed by atoms with Crippen LogP contribution in [0.2, 0.25) is 5.02 Å². The predicted molar refractivity (Wildman–Crippen MR) is 77.9 cm³/mol. The molecule has 0 N–H and O–H groups in total. The molecule has 0 heterocycles. The van der Waals surface area contributed by atoms with Crippen LogP contribution in [0.15, 0.2) is 17.0 Å². The lowest BCUT2D eigenvalue weighted by Crippen LogP contribution is -2.12. The summed E-state index contributed by atoms with van der Waals surface area (Å²) in [5.41, 5.74) is 2.01. The summed E-state index contributed by atoms with van der Waals surface area (Å²) in [6, 6.07) is 3.84. The van der Waals surface area contributed by atoms with E-state index in [1.54, 1.807) is 6.92 Å². The van der Waals surface area contributed by atoms with Crippen molar-refractivity contribution in [3.8, 4) is 0 Å². The van der Waals surface area contributed by atoms with Gasteiger partial charge in [-0.3, -0.25) is 9.59 Å². The van der Waals surface area contributed by atoms with Gasteiger partial charge in [-0.25, -0.2) is 0 Å². The number of ketones is 1. The Balaban J connectivity index is 2.55. The minimum absolute atomic E-state index is 0.129. The van der Waals surface area contributed by atoms with Gasteiger partial charge in [-0.05, 0) is 44.0 Å². The Morgan fingerprint density at radius 3 is 2.58 bits per heavy atom. The van der Waals surface area contributed by atoms with E-state index in [1.165, 1.54) is 11.8 Å². The minimum atomic E-state index is -0.461. The molecule has 0 bridgehead atoms. The van der Waals surface area contributed by atoms with Gasteiger partial charge in [0.1, 0.15) is 6.42 Å². The van der Waals surface area contributed by atoms with Crippen LogP contribution >= 0.6 is 23.4 Å². The average Bonchev–Trinajstić information content (AvgIpc) is 2.32. The lowest BCUT2D eigenvalue weighted by atomic mass is 10.2. The first-order chi connectivity index (χ1) is 8.93. The van der Waals surface area contributed by atoms with Gasteiger partial charge in [-0.15, -0.1) is 11.8 Å². The molecular weight excluding hydrogens is 284 g/mol. The zero-order valence-electron chi connectivity index (χ0n) is 11.3. The van der Waals surface area contributed by atoms with Gasteiger partial charge in [-0.1, -0.05) is 11.6 Å². The molecule has 1 aromatic carbocycles. The molecule has 3 nitrogen and oxygen atoms in total. The fraction of sp³-hybridized carbons (Fsp3) is 0.429. The smallest absolute Gasteiger partial charge is 0.313 e. The molecule has 0 atom stereocenters. The first-order valence-electron chi connectivity index (χ1n) is 6.01. The number of ether oxygens (including phenoxy) is 1. The van der Waals surface area contributed by atoms with Gasteiger partial charge in [0.2, 0.25) is 0 Å². The van der Waals surface area contributed by atoms with Gasteiger partial charge in [-0.2, -0.15) is 0 Å². The number of carbonyl (C=O) groups excluding carboxylic acids is 2. The Kier molecular flexibility index (Phi) is 6.38. The highest BCUT2D eigenvalue weighted by Gasteiger charge is 2.12. The molecule has 0 unspecified atom stereocenters. The fourth-order valence-corrected chi connectivity index (χ4v) is 2.68. The molecule has 1 aromatic rings. The quantitative estimate of drug-likeness (QED) is 0.457. The van der Waals surface area contributed by atoms with Crippen molar-refractivity contribution in [2.24, 2.45) is 0 Å². The number of carbonyl (C=O) groups is 2. The van der Waals surface area contributed by atoms with Gasteiger partial charge in [0.25, 0.3) is 0 Å². The number of hydrogen-bond acceptors (Lipinski definition) is 4. The van der Waals surface area contributed by atoms with Crippen molar-refractivity contribution in [3.63, 3.8) is 0 Å². The Bertz CT molecular complexity index is 486. The van der Waals surface area contributed by atoms with Gasteiger partial charge in [0.15, 0.2) is 5.78 Å². The second kappa shape index (κ2) is 7.56. The lowest BCUT2D eigenvalue weighted by molar-refractivity contribution is -0.145. The molecule has 0 spiro atoms. The Hall–Kier alpha value is -1.00. The van der Waals surface area contributed by atoms with E-state index in [-0.39, 0.29) is 18.0 Å². The molecule has 19 heavy (non-hydrogen) atoms. The molecule has 5 heteroatoms. The SMILES string of the molecule is CCOC(=O)CC(=O)CSc1cc(C)c(Cl)cc1C. The number of halogens is 1.